The lowest BCUT2D eigenvalue weighted by Crippen LogP contribution is -2.15. The van der Waals surface area contributed by atoms with E-state index in [1.807, 2.05) is 0 Å². The first-order valence-corrected chi connectivity index (χ1v) is 8.41. The molecule has 126 valence electrons. The van der Waals surface area contributed by atoms with Gasteiger partial charge in [0.05, 0.1) is 5.56 Å². The van der Waals surface area contributed by atoms with E-state index in [1.54, 1.807) is 12.1 Å². The minimum atomic E-state index is -4.25. The van der Waals surface area contributed by atoms with Crippen LogP contribution in [0.2, 0.25) is 0 Å². The van der Waals surface area contributed by atoms with E-state index < -0.39 is 11.7 Å². The average molecular weight is 315 g/mol. The number of nitrogens with one attached hydrogen (secondary N) is 1. The molecule has 1 aromatic carbocycles. The Bertz CT molecular complexity index is 384. The Kier molecular flexibility index (Phi) is 9.21. The molecular formula is C18H28F3N. The highest BCUT2D eigenvalue weighted by molar-refractivity contribution is 5.24. The van der Waals surface area contributed by atoms with Crippen LogP contribution in [-0.2, 0) is 12.7 Å². The number of benzene rings is 1. The molecule has 0 aliphatic heterocycles. The van der Waals surface area contributed by atoms with Gasteiger partial charge < -0.3 is 5.32 Å². The summed E-state index contributed by atoms with van der Waals surface area (Å²) in [5.74, 6) is 0. The monoisotopic (exact) mass is 315 g/mol. The van der Waals surface area contributed by atoms with Crippen molar-refractivity contribution in [1.82, 2.24) is 5.32 Å². The van der Waals surface area contributed by atoms with Gasteiger partial charge in [0.25, 0.3) is 0 Å². The fourth-order valence-electron chi connectivity index (χ4n) is 2.43. The third kappa shape index (κ3) is 8.42. The van der Waals surface area contributed by atoms with Crippen molar-refractivity contribution in [2.75, 3.05) is 6.54 Å². The molecule has 0 radical (unpaired) electrons. The zero-order chi connectivity index (χ0) is 16.3. The van der Waals surface area contributed by atoms with E-state index in [0.717, 1.165) is 30.7 Å². The second-order valence-corrected chi connectivity index (χ2v) is 5.85. The van der Waals surface area contributed by atoms with Crippen molar-refractivity contribution in [2.45, 2.75) is 71.0 Å². The molecule has 22 heavy (non-hydrogen) atoms. The molecule has 1 nitrogen and oxygen atoms in total. The molecule has 0 bridgehead atoms. The number of alkyl halides is 3. The predicted octanol–water partition coefficient (Wildman–Crippen LogP) is 5.94. The van der Waals surface area contributed by atoms with Crippen LogP contribution in [0.3, 0.4) is 0 Å². The summed E-state index contributed by atoms with van der Waals surface area (Å²) in [4.78, 5) is 0. The molecule has 0 spiro atoms. The van der Waals surface area contributed by atoms with Crippen molar-refractivity contribution in [3.05, 3.63) is 35.4 Å². The molecule has 1 rings (SSSR count). The van der Waals surface area contributed by atoms with Gasteiger partial charge in [-0.25, -0.2) is 0 Å². The van der Waals surface area contributed by atoms with Crippen molar-refractivity contribution in [3.8, 4) is 0 Å². The van der Waals surface area contributed by atoms with Crippen LogP contribution in [0.4, 0.5) is 13.2 Å². The molecule has 0 aliphatic rings. The normalized spacial score (nSPS) is 11.8. The predicted molar refractivity (Wildman–Crippen MR) is 85.8 cm³/mol. The van der Waals surface area contributed by atoms with Crippen LogP contribution in [0.25, 0.3) is 0 Å². The molecule has 0 fully saturated rings. The first kappa shape index (κ1) is 19.0. The Morgan fingerprint density at radius 3 is 1.91 bits per heavy atom. The summed E-state index contributed by atoms with van der Waals surface area (Å²) in [5.41, 5.74) is 0.312. The number of unbranched alkanes of at least 4 members (excludes halogenated alkanes) is 7. The molecule has 0 amide bonds. The third-order valence-corrected chi connectivity index (χ3v) is 3.82. The number of hydrogen-bond donors (Lipinski definition) is 1. The SMILES string of the molecule is CCCCCCCCCCNCc1ccc(C(F)(F)F)cc1. The number of halogens is 3. The van der Waals surface area contributed by atoms with Gasteiger partial charge in [0.1, 0.15) is 0 Å². The fourth-order valence-corrected chi connectivity index (χ4v) is 2.43. The first-order valence-electron chi connectivity index (χ1n) is 8.41. The molecule has 1 N–H and O–H groups in total. The fraction of sp³-hybridized carbons (Fsp3) is 0.667. The molecule has 0 aliphatic carbocycles. The second kappa shape index (κ2) is 10.7. The lowest BCUT2D eigenvalue weighted by molar-refractivity contribution is -0.137. The minimum Gasteiger partial charge on any atom is -0.313 e. The lowest BCUT2D eigenvalue weighted by atomic mass is 10.1. The molecule has 0 atom stereocenters. The van der Waals surface area contributed by atoms with Crippen LogP contribution in [0.5, 0.6) is 0 Å². The van der Waals surface area contributed by atoms with Crippen LogP contribution in [-0.4, -0.2) is 6.54 Å². The van der Waals surface area contributed by atoms with E-state index in [9.17, 15) is 13.2 Å². The summed E-state index contributed by atoms with van der Waals surface area (Å²) in [5, 5.41) is 3.29. The van der Waals surface area contributed by atoms with Gasteiger partial charge in [-0.05, 0) is 30.7 Å². The standard InChI is InChI=1S/C18H28F3N/c1-2-3-4-5-6-7-8-9-14-22-15-16-10-12-17(13-11-16)18(19,20)21/h10-13,22H,2-9,14-15H2,1H3. The van der Waals surface area contributed by atoms with Crippen LogP contribution < -0.4 is 5.32 Å². The van der Waals surface area contributed by atoms with Crippen LogP contribution in [0.1, 0.15) is 69.4 Å². The van der Waals surface area contributed by atoms with Gasteiger partial charge in [-0.1, -0.05) is 64.0 Å². The zero-order valence-electron chi connectivity index (χ0n) is 13.5. The highest BCUT2D eigenvalue weighted by Crippen LogP contribution is 2.29. The van der Waals surface area contributed by atoms with Crippen molar-refractivity contribution in [2.24, 2.45) is 0 Å². The maximum atomic E-state index is 12.4. The van der Waals surface area contributed by atoms with Crippen molar-refractivity contribution in [1.29, 1.82) is 0 Å². The number of rotatable bonds is 11. The van der Waals surface area contributed by atoms with E-state index in [-0.39, 0.29) is 0 Å². The van der Waals surface area contributed by atoms with E-state index in [0.29, 0.717) is 6.54 Å². The summed E-state index contributed by atoms with van der Waals surface area (Å²) in [6.07, 6.45) is 6.03. The maximum absolute atomic E-state index is 12.4. The average Bonchev–Trinajstić information content (AvgIpc) is 2.49. The molecule has 1 aromatic rings. The first-order chi connectivity index (χ1) is 10.5. The van der Waals surface area contributed by atoms with Gasteiger partial charge in [0, 0.05) is 6.54 Å². The van der Waals surface area contributed by atoms with Gasteiger partial charge in [0.2, 0.25) is 0 Å². The topological polar surface area (TPSA) is 12.0 Å². The van der Waals surface area contributed by atoms with Gasteiger partial charge >= 0.3 is 6.18 Å². The molecule has 0 saturated heterocycles. The Hall–Kier alpha value is -1.03. The minimum absolute atomic E-state index is 0.584. The summed E-state index contributed by atoms with van der Waals surface area (Å²) in [7, 11) is 0. The lowest BCUT2D eigenvalue weighted by Gasteiger charge is -2.08. The van der Waals surface area contributed by atoms with Crippen molar-refractivity contribution < 1.29 is 13.2 Å². The smallest absolute Gasteiger partial charge is 0.313 e. The van der Waals surface area contributed by atoms with E-state index in [1.165, 1.54) is 44.9 Å². The Labute approximate surface area is 132 Å². The van der Waals surface area contributed by atoms with Crippen LogP contribution >= 0.6 is 0 Å². The highest BCUT2D eigenvalue weighted by atomic mass is 19.4. The summed E-state index contributed by atoms with van der Waals surface area (Å²) in [6.45, 7) is 3.78. The maximum Gasteiger partial charge on any atom is 0.416 e. The van der Waals surface area contributed by atoms with Crippen LogP contribution in [0.15, 0.2) is 24.3 Å². The summed E-state index contributed by atoms with van der Waals surface area (Å²) >= 11 is 0. The number of hydrogen-bond acceptors (Lipinski definition) is 1. The second-order valence-electron chi connectivity index (χ2n) is 5.85. The summed E-state index contributed by atoms with van der Waals surface area (Å²) < 4.78 is 37.3. The molecule has 0 heterocycles. The molecule has 4 heteroatoms. The van der Waals surface area contributed by atoms with Gasteiger partial charge in [-0.15, -0.1) is 0 Å². The Morgan fingerprint density at radius 1 is 0.818 bits per heavy atom. The van der Waals surface area contributed by atoms with Crippen molar-refractivity contribution in [3.63, 3.8) is 0 Å². The molecular weight excluding hydrogens is 287 g/mol. The third-order valence-electron chi connectivity index (χ3n) is 3.82. The van der Waals surface area contributed by atoms with Gasteiger partial charge in [-0.2, -0.15) is 13.2 Å². The van der Waals surface area contributed by atoms with Gasteiger partial charge in [-0.3, -0.25) is 0 Å². The van der Waals surface area contributed by atoms with Gasteiger partial charge in [0.15, 0.2) is 0 Å². The van der Waals surface area contributed by atoms with Crippen LogP contribution in [0, 0.1) is 0 Å². The quantitative estimate of drug-likeness (QED) is 0.499. The molecule has 0 saturated carbocycles. The van der Waals surface area contributed by atoms with E-state index in [2.05, 4.69) is 12.2 Å². The molecule has 0 unspecified atom stereocenters. The Morgan fingerprint density at radius 2 is 1.36 bits per heavy atom. The Balaban J connectivity index is 2.03. The zero-order valence-corrected chi connectivity index (χ0v) is 13.5. The van der Waals surface area contributed by atoms with Crippen molar-refractivity contribution >= 4 is 0 Å². The molecule has 0 aromatic heterocycles. The largest absolute Gasteiger partial charge is 0.416 e. The highest BCUT2D eigenvalue weighted by Gasteiger charge is 2.29. The van der Waals surface area contributed by atoms with E-state index in [4.69, 9.17) is 0 Å². The van der Waals surface area contributed by atoms with E-state index >= 15 is 0 Å². The summed E-state index contributed by atoms with van der Waals surface area (Å²) in [6, 6.07) is 5.38.